The van der Waals surface area contributed by atoms with Gasteiger partial charge < -0.3 is 10.1 Å². The lowest BCUT2D eigenvalue weighted by molar-refractivity contribution is -0.122. The van der Waals surface area contributed by atoms with E-state index < -0.39 is 22.0 Å². The van der Waals surface area contributed by atoms with E-state index in [0.29, 0.717) is 30.3 Å². The van der Waals surface area contributed by atoms with Crippen LogP contribution in [0.4, 0.5) is 0 Å². The molecule has 6 nitrogen and oxygen atoms in total. The summed E-state index contributed by atoms with van der Waals surface area (Å²) in [6.07, 6.45) is 0.791. The maximum atomic E-state index is 12.8. The number of amides is 1. The van der Waals surface area contributed by atoms with E-state index in [4.69, 9.17) is 16.3 Å². The Bertz CT molecular complexity index is 1110. The van der Waals surface area contributed by atoms with E-state index in [1.165, 1.54) is 12.1 Å². The molecule has 0 unspecified atom stereocenters. The molecule has 0 saturated carbocycles. The monoisotopic (exact) mass is 472 g/mol. The molecule has 3 aromatic rings. The Kier molecular flexibility index (Phi) is 8.67. The highest BCUT2D eigenvalue weighted by molar-refractivity contribution is 7.89. The van der Waals surface area contributed by atoms with Gasteiger partial charge in [0.25, 0.3) is 0 Å². The Morgan fingerprint density at radius 1 is 0.938 bits per heavy atom. The number of sulfonamides is 1. The van der Waals surface area contributed by atoms with Gasteiger partial charge in [-0.1, -0.05) is 66.2 Å². The molecule has 8 heteroatoms. The number of hydrogen-bond donors (Lipinski definition) is 2. The van der Waals surface area contributed by atoms with Gasteiger partial charge in [-0.25, -0.2) is 8.42 Å². The van der Waals surface area contributed by atoms with Crippen LogP contribution in [0, 0.1) is 0 Å². The van der Waals surface area contributed by atoms with E-state index >= 15 is 0 Å². The van der Waals surface area contributed by atoms with Gasteiger partial charge in [0.2, 0.25) is 15.9 Å². The van der Waals surface area contributed by atoms with Crippen LogP contribution in [0.5, 0.6) is 5.75 Å². The SMILES string of the molecule is O=C(NCCCOc1cccc(Cl)c1)[C@H](Cc1ccccc1)NS(=O)(=O)c1ccccc1. The number of carbonyl (C=O) groups excluding carboxylic acids is 1. The van der Waals surface area contributed by atoms with Crippen LogP contribution in [0.15, 0.2) is 89.8 Å². The summed E-state index contributed by atoms with van der Waals surface area (Å²) in [6.45, 7) is 0.734. The molecule has 0 fully saturated rings. The van der Waals surface area contributed by atoms with Crippen LogP contribution in [0.25, 0.3) is 0 Å². The molecule has 32 heavy (non-hydrogen) atoms. The van der Waals surface area contributed by atoms with Gasteiger partial charge in [0, 0.05) is 11.6 Å². The van der Waals surface area contributed by atoms with Gasteiger partial charge in [-0.2, -0.15) is 4.72 Å². The molecule has 3 rings (SSSR count). The molecule has 0 aliphatic heterocycles. The van der Waals surface area contributed by atoms with Crippen molar-refractivity contribution >= 4 is 27.5 Å². The first-order chi connectivity index (χ1) is 15.4. The molecule has 0 aliphatic rings. The van der Waals surface area contributed by atoms with Crippen LogP contribution in [0.2, 0.25) is 5.02 Å². The predicted molar refractivity (Wildman–Crippen MR) is 125 cm³/mol. The summed E-state index contributed by atoms with van der Waals surface area (Å²) in [4.78, 5) is 12.9. The van der Waals surface area contributed by atoms with Crippen molar-refractivity contribution in [3.05, 3.63) is 95.5 Å². The average Bonchev–Trinajstić information content (AvgIpc) is 2.79. The first-order valence-electron chi connectivity index (χ1n) is 10.2. The second-order valence-electron chi connectivity index (χ2n) is 7.13. The highest BCUT2D eigenvalue weighted by atomic mass is 35.5. The van der Waals surface area contributed by atoms with Crippen molar-refractivity contribution in [3.8, 4) is 5.75 Å². The van der Waals surface area contributed by atoms with E-state index in [2.05, 4.69) is 10.0 Å². The van der Waals surface area contributed by atoms with Crippen molar-refractivity contribution in [3.63, 3.8) is 0 Å². The average molecular weight is 473 g/mol. The number of halogens is 1. The minimum absolute atomic E-state index is 0.112. The summed E-state index contributed by atoms with van der Waals surface area (Å²) in [5.41, 5.74) is 0.854. The molecule has 0 saturated heterocycles. The Balaban J connectivity index is 1.59. The molecule has 0 spiro atoms. The van der Waals surface area contributed by atoms with Gasteiger partial charge in [0.15, 0.2) is 0 Å². The summed E-state index contributed by atoms with van der Waals surface area (Å²) in [5, 5.41) is 3.39. The van der Waals surface area contributed by atoms with Gasteiger partial charge in [0.05, 0.1) is 11.5 Å². The number of ether oxygens (including phenoxy) is 1. The van der Waals surface area contributed by atoms with Crippen molar-refractivity contribution in [1.29, 1.82) is 0 Å². The van der Waals surface area contributed by atoms with E-state index in [9.17, 15) is 13.2 Å². The molecule has 1 atom stereocenters. The summed E-state index contributed by atoms with van der Waals surface area (Å²) < 4.78 is 33.7. The Hall–Kier alpha value is -2.87. The lowest BCUT2D eigenvalue weighted by atomic mass is 10.1. The zero-order chi connectivity index (χ0) is 22.8. The number of rotatable bonds is 11. The van der Waals surface area contributed by atoms with Crippen molar-refractivity contribution in [2.75, 3.05) is 13.2 Å². The van der Waals surface area contributed by atoms with Crippen LogP contribution >= 0.6 is 11.6 Å². The fourth-order valence-electron chi connectivity index (χ4n) is 3.05. The van der Waals surface area contributed by atoms with Crippen LogP contribution in [0.1, 0.15) is 12.0 Å². The zero-order valence-electron chi connectivity index (χ0n) is 17.4. The second kappa shape index (κ2) is 11.7. The standard InChI is InChI=1S/C24H25ClN2O4S/c25-20-11-7-12-21(18-20)31-16-8-15-26-24(28)23(17-19-9-3-1-4-10-19)27-32(29,30)22-13-5-2-6-14-22/h1-7,9-14,18,23,27H,8,15-17H2,(H,26,28)/t23-/m0/s1. The molecule has 2 N–H and O–H groups in total. The van der Waals surface area contributed by atoms with Gasteiger partial charge in [-0.15, -0.1) is 0 Å². The molecule has 0 heterocycles. The first-order valence-corrected chi connectivity index (χ1v) is 12.1. The molecule has 0 bridgehead atoms. The molecule has 0 aromatic heterocycles. The number of nitrogens with one attached hydrogen (secondary N) is 2. The fourth-order valence-corrected chi connectivity index (χ4v) is 4.44. The molecule has 168 valence electrons. The van der Waals surface area contributed by atoms with Gasteiger partial charge in [-0.3, -0.25) is 4.79 Å². The van der Waals surface area contributed by atoms with Gasteiger partial charge in [-0.05, 0) is 48.7 Å². The van der Waals surface area contributed by atoms with E-state index in [0.717, 1.165) is 5.56 Å². The zero-order valence-corrected chi connectivity index (χ0v) is 19.0. The van der Waals surface area contributed by atoms with Crippen molar-refractivity contribution in [2.24, 2.45) is 0 Å². The third kappa shape index (κ3) is 7.37. The number of hydrogen-bond acceptors (Lipinski definition) is 4. The molecular weight excluding hydrogens is 448 g/mol. The summed E-state index contributed by atoms with van der Waals surface area (Å²) >= 11 is 5.93. The fraction of sp³-hybridized carbons (Fsp3) is 0.208. The summed E-state index contributed by atoms with van der Waals surface area (Å²) in [5.74, 6) is 0.262. The van der Waals surface area contributed by atoms with E-state index in [-0.39, 0.29) is 11.3 Å². The van der Waals surface area contributed by atoms with Crippen molar-refractivity contribution in [1.82, 2.24) is 10.0 Å². The van der Waals surface area contributed by atoms with Gasteiger partial charge >= 0.3 is 0 Å². The Morgan fingerprint density at radius 3 is 2.31 bits per heavy atom. The summed E-state index contributed by atoms with van der Waals surface area (Å²) in [7, 11) is -3.85. The molecule has 0 aliphatic carbocycles. The highest BCUT2D eigenvalue weighted by Crippen LogP contribution is 2.17. The molecular formula is C24H25ClN2O4S. The third-order valence-electron chi connectivity index (χ3n) is 4.64. The van der Waals surface area contributed by atoms with Crippen LogP contribution < -0.4 is 14.8 Å². The first kappa shape index (κ1) is 23.8. The topological polar surface area (TPSA) is 84.5 Å². The van der Waals surface area contributed by atoms with Gasteiger partial charge in [0.1, 0.15) is 11.8 Å². The highest BCUT2D eigenvalue weighted by Gasteiger charge is 2.25. The van der Waals surface area contributed by atoms with E-state index in [1.54, 1.807) is 42.5 Å². The molecule has 1 amide bonds. The van der Waals surface area contributed by atoms with Crippen LogP contribution in [-0.4, -0.2) is 33.5 Å². The largest absolute Gasteiger partial charge is 0.493 e. The van der Waals surface area contributed by atoms with Crippen molar-refractivity contribution < 1.29 is 17.9 Å². The quantitative estimate of drug-likeness (QED) is 0.415. The maximum absolute atomic E-state index is 12.8. The maximum Gasteiger partial charge on any atom is 0.241 e. The van der Waals surface area contributed by atoms with Crippen molar-refractivity contribution in [2.45, 2.75) is 23.8 Å². The smallest absolute Gasteiger partial charge is 0.241 e. The molecule has 3 aromatic carbocycles. The summed E-state index contributed by atoms with van der Waals surface area (Å²) in [6, 6.07) is 23.4. The van der Waals surface area contributed by atoms with Crippen LogP contribution in [-0.2, 0) is 21.2 Å². The minimum atomic E-state index is -3.85. The molecule has 0 radical (unpaired) electrons. The Labute approximate surface area is 193 Å². The second-order valence-corrected chi connectivity index (χ2v) is 9.28. The third-order valence-corrected chi connectivity index (χ3v) is 6.36. The van der Waals surface area contributed by atoms with E-state index in [1.807, 2.05) is 30.3 Å². The lowest BCUT2D eigenvalue weighted by Crippen LogP contribution is -2.48. The Morgan fingerprint density at radius 2 is 1.62 bits per heavy atom. The minimum Gasteiger partial charge on any atom is -0.493 e. The van der Waals surface area contributed by atoms with Crippen LogP contribution in [0.3, 0.4) is 0 Å². The number of benzene rings is 3. The predicted octanol–water partition coefficient (Wildman–Crippen LogP) is 3.81. The normalized spacial score (nSPS) is 12.2. The lowest BCUT2D eigenvalue weighted by Gasteiger charge is -2.19. The number of carbonyl (C=O) groups is 1.